The normalized spacial score (nSPS) is 17.1. The molecule has 0 radical (unpaired) electrons. The average molecular weight is 569 g/mol. The van der Waals surface area contributed by atoms with Crippen LogP contribution < -0.4 is 16.0 Å². The van der Waals surface area contributed by atoms with Crippen LogP contribution in [0.15, 0.2) is 41.0 Å². The Hall–Kier alpha value is -3.95. The number of aromatic nitrogens is 5. The number of benzene rings is 1. The Morgan fingerprint density at radius 3 is 2.62 bits per heavy atom. The van der Waals surface area contributed by atoms with Gasteiger partial charge >= 0.3 is 0 Å². The predicted octanol–water partition coefficient (Wildman–Crippen LogP) is 0.939. The van der Waals surface area contributed by atoms with Crippen molar-refractivity contribution in [1.29, 1.82) is 0 Å². The first-order valence-corrected chi connectivity index (χ1v) is 14.5. The van der Waals surface area contributed by atoms with E-state index in [1.165, 1.54) is 10.6 Å². The molecule has 2 fully saturated rings. The zero-order valence-electron chi connectivity index (χ0n) is 21.7. The molecule has 15 heteroatoms. The van der Waals surface area contributed by atoms with Gasteiger partial charge in [-0.25, -0.2) is 4.39 Å². The monoisotopic (exact) mass is 568 g/mol. The van der Waals surface area contributed by atoms with Crippen LogP contribution in [-0.2, 0) is 11.2 Å². The van der Waals surface area contributed by atoms with E-state index in [0.29, 0.717) is 78.8 Å². The number of carbonyl (C=O) groups excluding carboxylic acids is 1. The molecular weight excluding hydrogens is 539 g/mol. The predicted molar refractivity (Wildman–Crippen MR) is 148 cm³/mol. The third kappa shape index (κ3) is 5.52. The maximum Gasteiger partial charge on any atom is 0.259 e. The number of nitrogens with one attached hydrogen (secondary N) is 1. The maximum absolute atomic E-state index is 15.0. The Morgan fingerprint density at radius 1 is 1.10 bits per heavy atom. The molecule has 6 rings (SSSR count). The van der Waals surface area contributed by atoms with Gasteiger partial charge in [0.15, 0.2) is 5.76 Å². The minimum Gasteiger partial charge on any atom is -0.616 e. The summed E-state index contributed by atoms with van der Waals surface area (Å²) >= 11 is -0.873. The highest BCUT2D eigenvalue weighted by atomic mass is 32.2. The van der Waals surface area contributed by atoms with Crippen molar-refractivity contribution in [2.45, 2.75) is 0 Å². The standard InChI is InChI=1S/C25H29FN10O3S/c26-18-16-17(22(37)35-11-14-40(38)15-12-35)3-4-19(18)34-9-7-33(8-10-34)6-5-28-24-30-23(27)36-25(31-24)29-21(32-36)20-2-1-13-39-20/h1-4,13,16H,5-12,14-15H2,(H3,27,28,29,30,31,32). The van der Waals surface area contributed by atoms with Crippen molar-refractivity contribution in [3.8, 4) is 11.6 Å². The fourth-order valence-corrected chi connectivity index (χ4v) is 5.91. The number of fused-ring (bicyclic) bond motifs is 1. The summed E-state index contributed by atoms with van der Waals surface area (Å²) in [7, 11) is 0. The quantitative estimate of drug-likeness (QED) is 0.306. The van der Waals surface area contributed by atoms with E-state index in [-0.39, 0.29) is 11.9 Å². The van der Waals surface area contributed by atoms with Crippen LogP contribution >= 0.6 is 0 Å². The summed E-state index contributed by atoms with van der Waals surface area (Å²) in [5.41, 5.74) is 6.87. The lowest BCUT2D eigenvalue weighted by Gasteiger charge is -2.36. The molecule has 2 aliphatic rings. The lowest BCUT2D eigenvalue weighted by Crippen LogP contribution is -2.48. The van der Waals surface area contributed by atoms with Gasteiger partial charge in [0.1, 0.15) is 17.3 Å². The third-order valence-electron chi connectivity index (χ3n) is 7.06. The van der Waals surface area contributed by atoms with Crippen molar-refractivity contribution >= 4 is 40.4 Å². The first-order chi connectivity index (χ1) is 19.4. The van der Waals surface area contributed by atoms with Crippen LogP contribution in [0, 0.1) is 5.82 Å². The summed E-state index contributed by atoms with van der Waals surface area (Å²) in [6.07, 6.45) is 1.54. The molecule has 40 heavy (non-hydrogen) atoms. The molecule has 3 aromatic heterocycles. The van der Waals surface area contributed by atoms with Crippen LogP contribution in [0.3, 0.4) is 0 Å². The first-order valence-electron chi connectivity index (χ1n) is 13.0. The van der Waals surface area contributed by atoms with Gasteiger partial charge in [0.25, 0.3) is 11.7 Å². The molecule has 2 aliphatic heterocycles. The van der Waals surface area contributed by atoms with E-state index in [9.17, 15) is 9.35 Å². The number of hydrogen-bond donors (Lipinski definition) is 2. The minimum atomic E-state index is -0.873. The number of carbonyl (C=O) groups is 1. The summed E-state index contributed by atoms with van der Waals surface area (Å²) < 4.78 is 33.3. The van der Waals surface area contributed by atoms with Gasteiger partial charge in [-0.2, -0.15) is 19.5 Å². The number of amides is 1. The van der Waals surface area contributed by atoms with E-state index in [4.69, 9.17) is 10.2 Å². The van der Waals surface area contributed by atoms with Crippen molar-refractivity contribution in [3.05, 3.63) is 48.0 Å². The fourth-order valence-electron chi connectivity index (χ4n) is 4.85. The van der Waals surface area contributed by atoms with Crippen LogP contribution in [0.4, 0.5) is 22.0 Å². The van der Waals surface area contributed by atoms with Gasteiger partial charge in [0, 0.05) is 44.8 Å². The first kappa shape index (κ1) is 26.3. The molecule has 0 spiro atoms. The molecule has 2 saturated heterocycles. The zero-order valence-corrected chi connectivity index (χ0v) is 22.5. The van der Waals surface area contributed by atoms with E-state index < -0.39 is 17.0 Å². The Kier molecular flexibility index (Phi) is 7.40. The summed E-state index contributed by atoms with van der Waals surface area (Å²) in [5, 5.41) is 7.48. The average Bonchev–Trinajstić information content (AvgIpc) is 3.64. The van der Waals surface area contributed by atoms with Gasteiger partial charge < -0.3 is 29.8 Å². The molecule has 13 nitrogen and oxygen atoms in total. The Labute approximate surface area is 232 Å². The van der Waals surface area contributed by atoms with Crippen LogP contribution in [0.2, 0.25) is 0 Å². The molecule has 210 valence electrons. The van der Waals surface area contributed by atoms with Gasteiger partial charge in [0.05, 0.1) is 25.0 Å². The second-order valence-corrected chi connectivity index (χ2v) is 11.3. The van der Waals surface area contributed by atoms with Gasteiger partial charge in [-0.15, -0.1) is 5.10 Å². The minimum absolute atomic E-state index is 0.161. The molecule has 0 atom stereocenters. The Balaban J connectivity index is 1.000. The molecule has 1 aromatic carbocycles. The Bertz CT molecular complexity index is 1480. The van der Waals surface area contributed by atoms with Gasteiger partial charge in [0.2, 0.25) is 17.7 Å². The van der Waals surface area contributed by atoms with E-state index in [1.54, 1.807) is 35.4 Å². The summed E-state index contributed by atoms with van der Waals surface area (Å²) in [5.74, 6) is 2.04. The SMILES string of the molecule is Nc1nc(NCCN2CCN(c3ccc(C(=O)N4CC[S+]([O-])CC4)cc3F)CC2)nc2nc(-c3ccco3)nn12. The highest BCUT2D eigenvalue weighted by Crippen LogP contribution is 2.23. The van der Waals surface area contributed by atoms with Gasteiger partial charge in [-0.3, -0.25) is 9.69 Å². The molecule has 0 aliphatic carbocycles. The number of nitrogen functional groups attached to an aromatic ring is 1. The van der Waals surface area contributed by atoms with E-state index >= 15 is 4.39 Å². The van der Waals surface area contributed by atoms with E-state index in [0.717, 1.165) is 19.6 Å². The number of piperazine rings is 1. The summed E-state index contributed by atoms with van der Waals surface area (Å²) in [6, 6.07) is 8.18. The molecule has 0 bridgehead atoms. The van der Waals surface area contributed by atoms with Crippen molar-refractivity contribution in [3.63, 3.8) is 0 Å². The third-order valence-corrected chi connectivity index (χ3v) is 8.33. The van der Waals surface area contributed by atoms with Crippen LogP contribution in [0.25, 0.3) is 17.4 Å². The molecule has 0 unspecified atom stereocenters. The number of hydrogen-bond acceptors (Lipinski definition) is 11. The second-order valence-electron chi connectivity index (χ2n) is 9.59. The maximum atomic E-state index is 15.0. The Morgan fingerprint density at radius 2 is 1.90 bits per heavy atom. The lowest BCUT2D eigenvalue weighted by atomic mass is 10.1. The molecule has 4 aromatic rings. The fraction of sp³-hybridized carbons (Fsp3) is 0.400. The molecule has 3 N–H and O–H groups in total. The number of nitrogens with two attached hydrogens (primary N) is 1. The molecular formula is C25H29FN10O3S. The zero-order chi connectivity index (χ0) is 27.6. The summed E-state index contributed by atoms with van der Waals surface area (Å²) in [4.78, 5) is 31.7. The molecule has 5 heterocycles. The smallest absolute Gasteiger partial charge is 0.259 e. The number of anilines is 3. The van der Waals surface area contributed by atoms with Crippen LogP contribution in [-0.4, -0.2) is 109 Å². The second kappa shape index (κ2) is 11.3. The lowest BCUT2D eigenvalue weighted by molar-refractivity contribution is 0.0769. The van der Waals surface area contributed by atoms with E-state index in [2.05, 4.69) is 30.3 Å². The number of halogens is 1. The van der Waals surface area contributed by atoms with Crippen molar-refractivity contribution < 1.29 is 18.2 Å². The largest absolute Gasteiger partial charge is 0.616 e. The number of rotatable bonds is 7. The topological polar surface area (TPSA) is 157 Å². The van der Waals surface area contributed by atoms with Crippen molar-refractivity contribution in [2.75, 3.05) is 79.8 Å². The number of nitrogens with zero attached hydrogens (tertiary/aromatic N) is 8. The number of furan rings is 1. The molecule has 1 amide bonds. The highest BCUT2D eigenvalue weighted by molar-refractivity contribution is 7.91. The molecule has 0 saturated carbocycles. The van der Waals surface area contributed by atoms with Crippen LogP contribution in [0.5, 0.6) is 0 Å². The van der Waals surface area contributed by atoms with Crippen molar-refractivity contribution in [1.82, 2.24) is 34.4 Å². The van der Waals surface area contributed by atoms with Crippen molar-refractivity contribution in [2.24, 2.45) is 0 Å². The van der Waals surface area contributed by atoms with Gasteiger partial charge in [-0.1, -0.05) is 11.2 Å². The van der Waals surface area contributed by atoms with E-state index in [1.807, 2.05) is 4.90 Å². The van der Waals surface area contributed by atoms with Gasteiger partial charge in [-0.05, 0) is 30.3 Å². The summed E-state index contributed by atoms with van der Waals surface area (Å²) in [6.45, 7) is 5.03. The van der Waals surface area contributed by atoms with Crippen LogP contribution in [0.1, 0.15) is 10.4 Å². The highest BCUT2D eigenvalue weighted by Gasteiger charge is 2.26.